The van der Waals surface area contributed by atoms with E-state index in [9.17, 15) is 23.4 Å². The molecule has 0 radical (unpaired) electrons. The second-order valence-electron chi connectivity index (χ2n) is 14.9. The van der Waals surface area contributed by atoms with Crippen LogP contribution in [-0.4, -0.2) is 72.5 Å². The lowest BCUT2D eigenvalue weighted by molar-refractivity contribution is -0.0753. The number of sulfonamides is 1. The fourth-order valence-corrected chi connectivity index (χ4v) is 9.31. The Hall–Kier alpha value is -3.14. The summed E-state index contributed by atoms with van der Waals surface area (Å²) in [7, 11) is -3.63. The van der Waals surface area contributed by atoms with Gasteiger partial charge in [0.05, 0.1) is 24.1 Å². The van der Waals surface area contributed by atoms with Crippen LogP contribution in [0.2, 0.25) is 0 Å². The normalized spacial score (nSPS) is 27.9. The van der Waals surface area contributed by atoms with Gasteiger partial charge in [0.2, 0.25) is 10.0 Å². The van der Waals surface area contributed by atoms with Crippen LogP contribution in [0.25, 0.3) is 11.1 Å². The predicted octanol–water partition coefficient (Wildman–Crippen LogP) is 7.06. The van der Waals surface area contributed by atoms with Crippen LogP contribution in [0.1, 0.15) is 98.2 Å². The smallest absolute Gasteiger partial charge is 0.211 e. The van der Waals surface area contributed by atoms with Gasteiger partial charge in [0.1, 0.15) is 0 Å². The van der Waals surface area contributed by atoms with E-state index < -0.39 is 27.1 Å². The van der Waals surface area contributed by atoms with Crippen molar-refractivity contribution in [1.82, 2.24) is 4.31 Å². The Morgan fingerprint density at radius 3 is 2.41 bits per heavy atom. The summed E-state index contributed by atoms with van der Waals surface area (Å²) < 4.78 is 33.6. The molecule has 4 aliphatic rings. The average Bonchev–Trinajstić information content (AvgIpc) is 3.68. The van der Waals surface area contributed by atoms with Crippen molar-refractivity contribution in [3.8, 4) is 11.1 Å². The molecular weight excluding hydrogens is 635 g/mol. The molecule has 3 aliphatic carbocycles. The van der Waals surface area contributed by atoms with Crippen LogP contribution in [-0.2, 0) is 21.2 Å². The van der Waals surface area contributed by atoms with Crippen LogP contribution >= 0.6 is 0 Å². The molecular formula is C41H51NO6S. The van der Waals surface area contributed by atoms with Crippen molar-refractivity contribution in [3.05, 3.63) is 107 Å². The molecule has 5 atom stereocenters. The topological polar surface area (TPSA) is 104 Å². The second-order valence-corrected chi connectivity index (χ2v) is 16.9. The van der Waals surface area contributed by atoms with Gasteiger partial charge in [0.15, 0.2) is 5.78 Å². The number of allylic oxidation sites excluding steroid dienone is 2. The van der Waals surface area contributed by atoms with Gasteiger partial charge in [-0.2, -0.15) is 4.31 Å². The largest absolute Gasteiger partial charge is 0.393 e. The van der Waals surface area contributed by atoms with Gasteiger partial charge >= 0.3 is 0 Å². The molecule has 49 heavy (non-hydrogen) atoms. The molecule has 0 amide bonds. The number of carbonyl (C=O) groups is 1. The lowest BCUT2D eigenvalue weighted by atomic mass is 9.64. The summed E-state index contributed by atoms with van der Waals surface area (Å²) in [6, 6.07) is 23.7. The number of hydrogen-bond acceptors (Lipinski definition) is 6. The molecule has 3 aromatic carbocycles. The maximum absolute atomic E-state index is 14.5. The van der Waals surface area contributed by atoms with E-state index in [1.54, 1.807) is 0 Å². The Kier molecular flexibility index (Phi) is 10.6. The summed E-state index contributed by atoms with van der Waals surface area (Å²) in [5, 5.41) is 23.7. The third-order valence-electron chi connectivity index (χ3n) is 11.5. The van der Waals surface area contributed by atoms with Gasteiger partial charge in [-0.05, 0) is 98.9 Å². The second kappa shape index (κ2) is 14.6. The summed E-state index contributed by atoms with van der Waals surface area (Å²) in [5.41, 5.74) is 4.16. The summed E-state index contributed by atoms with van der Waals surface area (Å²) in [6.45, 7) is 5.00. The Morgan fingerprint density at radius 1 is 0.980 bits per heavy atom. The fourth-order valence-electron chi connectivity index (χ4n) is 8.42. The number of rotatable bonds is 8. The van der Waals surface area contributed by atoms with Crippen molar-refractivity contribution in [2.24, 2.45) is 5.41 Å². The van der Waals surface area contributed by atoms with Crippen molar-refractivity contribution in [2.45, 2.75) is 95.4 Å². The number of aliphatic hydroxyl groups is 2. The summed E-state index contributed by atoms with van der Waals surface area (Å²) >= 11 is 0. The van der Waals surface area contributed by atoms with Gasteiger partial charge in [-0.3, -0.25) is 4.79 Å². The molecule has 7 nitrogen and oxygen atoms in total. The predicted molar refractivity (Wildman–Crippen MR) is 194 cm³/mol. The van der Waals surface area contributed by atoms with E-state index in [-0.39, 0.29) is 30.9 Å². The van der Waals surface area contributed by atoms with E-state index in [2.05, 4.69) is 19.9 Å². The number of hydrogen-bond donors (Lipinski definition) is 2. The van der Waals surface area contributed by atoms with E-state index in [1.807, 2.05) is 72.8 Å². The summed E-state index contributed by atoms with van der Waals surface area (Å²) in [4.78, 5) is 14.5. The molecule has 8 heteroatoms. The molecule has 0 spiro atoms. The molecule has 2 N–H and O–H groups in total. The highest BCUT2D eigenvalue weighted by Gasteiger charge is 2.58. The summed E-state index contributed by atoms with van der Waals surface area (Å²) in [5.74, 6) is -0.289. The molecule has 3 aromatic rings. The fraction of sp³-hybridized carbons (Fsp3) is 0.488. The third-order valence-corrected chi connectivity index (χ3v) is 12.7. The third kappa shape index (κ3) is 7.79. The quantitative estimate of drug-likeness (QED) is 0.194. The first-order chi connectivity index (χ1) is 23.4. The first kappa shape index (κ1) is 35.7. The van der Waals surface area contributed by atoms with Gasteiger partial charge in [-0.25, -0.2) is 8.42 Å². The SMILES string of the molecule is CC1=CCC[C@@]2(C)[C@@H](CC[C@@]2(O)CN(C[C@H]2CCCO2)S(C)(=O)=O)c2ccc(cc2C(=O)c2ccc(-c3ccccc3)cc2)C[C@@H](O)CC1. The maximum atomic E-state index is 14.5. The van der Waals surface area contributed by atoms with E-state index in [0.717, 1.165) is 41.5 Å². The minimum Gasteiger partial charge on any atom is -0.393 e. The minimum absolute atomic E-state index is 0.0180. The zero-order chi connectivity index (χ0) is 34.8. The minimum atomic E-state index is -3.63. The zero-order valence-electron chi connectivity index (χ0n) is 29.1. The standard InChI is InChI=1S/C41H51NO6S/c1-29-9-7-22-40(2)38(21-23-41(40,45)28-42(49(3,46)47)27-35-12-8-24-48-35)36-20-14-30(25-34(43)19-13-29)26-37(36)39(44)33-17-15-32(16-18-33)31-10-5-4-6-11-31/h4-6,9-11,14-18,20,26,34-35,38,43,45H,7-8,12-13,19,21-25,27-28H2,1-3H3/t34-,35+,38-,40-,41+/m0/s1. The number of carbonyl (C=O) groups excluding carboxylic acids is 1. The molecule has 7 rings (SSSR count). The van der Waals surface area contributed by atoms with Gasteiger partial charge < -0.3 is 14.9 Å². The number of nitrogens with zero attached hydrogens (tertiary/aromatic N) is 1. The van der Waals surface area contributed by atoms with Gasteiger partial charge in [-0.1, -0.05) is 85.3 Å². The first-order valence-electron chi connectivity index (χ1n) is 17.8. The van der Waals surface area contributed by atoms with Crippen LogP contribution in [0.3, 0.4) is 0 Å². The van der Waals surface area contributed by atoms with Crippen molar-refractivity contribution in [2.75, 3.05) is 26.0 Å². The van der Waals surface area contributed by atoms with E-state index in [4.69, 9.17) is 4.74 Å². The van der Waals surface area contributed by atoms with E-state index in [0.29, 0.717) is 56.3 Å². The Bertz CT molecular complexity index is 1770. The highest BCUT2D eigenvalue weighted by Crippen LogP contribution is 2.59. The number of ketones is 1. The van der Waals surface area contributed by atoms with Crippen molar-refractivity contribution >= 4 is 15.8 Å². The molecule has 1 heterocycles. The monoisotopic (exact) mass is 685 g/mol. The van der Waals surface area contributed by atoms with Gasteiger partial charge in [-0.15, -0.1) is 0 Å². The van der Waals surface area contributed by atoms with Gasteiger partial charge in [0.25, 0.3) is 0 Å². The van der Waals surface area contributed by atoms with Crippen molar-refractivity contribution < 1.29 is 28.2 Å². The van der Waals surface area contributed by atoms with Crippen LogP contribution in [0.4, 0.5) is 0 Å². The molecule has 0 aromatic heterocycles. The molecule has 1 saturated heterocycles. The number of fused-ring (bicyclic) bond motifs is 8. The molecule has 2 bridgehead atoms. The highest BCUT2D eigenvalue weighted by atomic mass is 32.2. The zero-order valence-corrected chi connectivity index (χ0v) is 29.9. The Morgan fingerprint density at radius 2 is 1.71 bits per heavy atom. The van der Waals surface area contributed by atoms with Crippen LogP contribution in [0.5, 0.6) is 0 Å². The molecule has 262 valence electrons. The highest BCUT2D eigenvalue weighted by molar-refractivity contribution is 7.88. The molecule has 2 fully saturated rings. The Balaban J connectivity index is 1.41. The van der Waals surface area contributed by atoms with Crippen LogP contribution in [0.15, 0.2) is 84.4 Å². The molecule has 0 unspecified atom stereocenters. The van der Waals surface area contributed by atoms with E-state index >= 15 is 0 Å². The first-order valence-corrected chi connectivity index (χ1v) is 19.7. The van der Waals surface area contributed by atoms with Crippen LogP contribution < -0.4 is 0 Å². The number of ether oxygens (including phenoxy) is 1. The maximum Gasteiger partial charge on any atom is 0.211 e. The molecule has 1 aliphatic heterocycles. The van der Waals surface area contributed by atoms with Crippen molar-refractivity contribution in [3.63, 3.8) is 0 Å². The number of benzene rings is 3. The summed E-state index contributed by atoms with van der Waals surface area (Å²) in [6.07, 6.45) is 8.56. The van der Waals surface area contributed by atoms with Crippen LogP contribution in [0, 0.1) is 5.41 Å². The van der Waals surface area contributed by atoms with Crippen molar-refractivity contribution in [1.29, 1.82) is 0 Å². The van der Waals surface area contributed by atoms with E-state index in [1.165, 1.54) is 16.1 Å². The molecule has 1 saturated carbocycles. The number of aliphatic hydroxyl groups excluding tert-OH is 1. The lowest BCUT2D eigenvalue weighted by Crippen LogP contribution is -2.54. The average molecular weight is 686 g/mol. The van der Waals surface area contributed by atoms with Gasteiger partial charge in [0, 0.05) is 36.2 Å². The Labute approximate surface area is 292 Å². The lowest BCUT2D eigenvalue weighted by Gasteiger charge is -2.46.